The van der Waals surface area contributed by atoms with Crippen LogP contribution >= 0.6 is 22.9 Å². The fourth-order valence-electron chi connectivity index (χ4n) is 2.44. The Morgan fingerprint density at radius 2 is 1.88 bits per heavy atom. The van der Waals surface area contributed by atoms with Crippen LogP contribution in [0.15, 0.2) is 47.5 Å². The van der Waals surface area contributed by atoms with Crippen molar-refractivity contribution in [1.29, 1.82) is 0 Å². The number of amides is 1. The van der Waals surface area contributed by atoms with Crippen LogP contribution < -0.4 is 4.80 Å². The van der Waals surface area contributed by atoms with Crippen molar-refractivity contribution in [3.05, 3.63) is 63.4 Å². The third kappa shape index (κ3) is 3.36. The monoisotopic (exact) mass is 374 g/mol. The Morgan fingerprint density at radius 1 is 1.20 bits per heavy atom. The van der Waals surface area contributed by atoms with E-state index in [1.807, 2.05) is 19.1 Å². The third-order valence-corrected chi connectivity index (χ3v) is 5.38. The van der Waals surface area contributed by atoms with Gasteiger partial charge < -0.3 is 9.67 Å². The molecule has 1 amide bonds. The minimum absolute atomic E-state index is 0.309. The standard InChI is InChI=1S/C18H15ClN2O3S/c1-10-6-8-12(9-7-10)16(22)20-18-21(11(2)17(23)24)14-5-3-4-13(19)15(14)25-18/h3-9,11H,1-2H3,(H,23,24)/b20-18-. The maximum Gasteiger partial charge on any atom is 0.326 e. The molecule has 1 heterocycles. The Morgan fingerprint density at radius 3 is 2.52 bits per heavy atom. The first-order valence-electron chi connectivity index (χ1n) is 7.56. The van der Waals surface area contributed by atoms with E-state index >= 15 is 0 Å². The Bertz CT molecular complexity index is 1030. The Kier molecular flexibility index (Phi) is 4.74. The van der Waals surface area contributed by atoms with E-state index in [9.17, 15) is 14.7 Å². The van der Waals surface area contributed by atoms with Gasteiger partial charge in [0, 0.05) is 5.56 Å². The number of aromatic nitrogens is 1. The van der Waals surface area contributed by atoms with Gasteiger partial charge in [0.15, 0.2) is 4.80 Å². The quantitative estimate of drug-likeness (QED) is 0.751. The highest BCUT2D eigenvalue weighted by molar-refractivity contribution is 7.17. The molecule has 128 valence electrons. The van der Waals surface area contributed by atoms with Gasteiger partial charge in [-0.15, -0.1) is 0 Å². The normalized spacial score (nSPS) is 13.2. The molecule has 5 nitrogen and oxygen atoms in total. The number of fused-ring (bicyclic) bond motifs is 1. The van der Waals surface area contributed by atoms with E-state index in [0.717, 1.165) is 5.56 Å². The number of carbonyl (C=O) groups excluding carboxylic acids is 1. The molecular weight excluding hydrogens is 360 g/mol. The zero-order valence-electron chi connectivity index (χ0n) is 13.6. The van der Waals surface area contributed by atoms with Gasteiger partial charge in [-0.2, -0.15) is 4.99 Å². The number of hydrogen-bond acceptors (Lipinski definition) is 3. The Hall–Kier alpha value is -2.44. The molecule has 7 heteroatoms. The van der Waals surface area contributed by atoms with E-state index in [1.165, 1.54) is 15.9 Å². The number of thiazole rings is 1. The van der Waals surface area contributed by atoms with Crippen LogP contribution in [-0.4, -0.2) is 21.6 Å². The highest BCUT2D eigenvalue weighted by atomic mass is 35.5. The fourth-order valence-corrected chi connectivity index (χ4v) is 3.83. The number of benzene rings is 2. The van der Waals surface area contributed by atoms with E-state index in [1.54, 1.807) is 37.3 Å². The summed E-state index contributed by atoms with van der Waals surface area (Å²) in [5, 5.41) is 9.91. The molecule has 3 aromatic rings. The van der Waals surface area contributed by atoms with Gasteiger partial charge in [-0.25, -0.2) is 4.79 Å². The number of aryl methyl sites for hydroxylation is 1. The molecule has 0 aliphatic rings. The molecule has 1 unspecified atom stereocenters. The molecule has 0 aliphatic heterocycles. The molecular formula is C18H15ClN2O3S. The van der Waals surface area contributed by atoms with Gasteiger partial charge in [-0.3, -0.25) is 4.79 Å². The molecule has 0 saturated heterocycles. The van der Waals surface area contributed by atoms with Crippen LogP contribution in [0, 0.1) is 6.92 Å². The van der Waals surface area contributed by atoms with Crippen molar-refractivity contribution in [2.75, 3.05) is 0 Å². The van der Waals surface area contributed by atoms with E-state index in [4.69, 9.17) is 11.6 Å². The van der Waals surface area contributed by atoms with Gasteiger partial charge in [0.1, 0.15) is 6.04 Å². The number of carboxylic acid groups (broad SMARTS) is 1. The molecule has 0 aliphatic carbocycles. The van der Waals surface area contributed by atoms with E-state index in [0.29, 0.717) is 25.6 Å². The van der Waals surface area contributed by atoms with Crippen molar-refractivity contribution in [2.24, 2.45) is 4.99 Å². The van der Waals surface area contributed by atoms with Crippen molar-refractivity contribution >= 4 is 45.0 Å². The number of carbonyl (C=O) groups is 2. The summed E-state index contributed by atoms with van der Waals surface area (Å²) >= 11 is 7.42. The van der Waals surface area contributed by atoms with Gasteiger partial charge >= 0.3 is 5.97 Å². The summed E-state index contributed by atoms with van der Waals surface area (Å²) < 4.78 is 2.23. The lowest BCUT2D eigenvalue weighted by Crippen LogP contribution is -2.25. The lowest BCUT2D eigenvalue weighted by atomic mass is 10.1. The van der Waals surface area contributed by atoms with Gasteiger partial charge in [0.05, 0.1) is 15.2 Å². The number of hydrogen-bond donors (Lipinski definition) is 1. The summed E-state index contributed by atoms with van der Waals surface area (Å²) in [5.41, 5.74) is 2.13. The minimum atomic E-state index is -1.01. The first-order valence-corrected chi connectivity index (χ1v) is 8.76. The second kappa shape index (κ2) is 6.82. The lowest BCUT2D eigenvalue weighted by Gasteiger charge is -2.10. The molecule has 3 rings (SSSR count). The Balaban J connectivity index is 2.22. The molecule has 25 heavy (non-hydrogen) atoms. The largest absolute Gasteiger partial charge is 0.480 e. The number of halogens is 1. The van der Waals surface area contributed by atoms with Crippen LogP contribution in [0.3, 0.4) is 0 Å². The third-order valence-electron chi connectivity index (χ3n) is 3.85. The molecule has 0 fully saturated rings. The van der Waals surface area contributed by atoms with Crippen LogP contribution in [0.25, 0.3) is 10.2 Å². The predicted molar refractivity (Wildman–Crippen MR) is 98.2 cm³/mol. The summed E-state index contributed by atoms with van der Waals surface area (Å²) in [7, 11) is 0. The summed E-state index contributed by atoms with van der Waals surface area (Å²) in [6, 6.07) is 11.4. The topological polar surface area (TPSA) is 71.7 Å². The first-order chi connectivity index (χ1) is 11.9. The highest BCUT2D eigenvalue weighted by Crippen LogP contribution is 2.28. The predicted octanol–water partition coefficient (Wildman–Crippen LogP) is 4.05. The van der Waals surface area contributed by atoms with E-state index < -0.39 is 17.9 Å². The summed E-state index contributed by atoms with van der Waals surface area (Å²) in [6.45, 7) is 3.48. The molecule has 0 radical (unpaired) electrons. The Labute approximate surface area is 152 Å². The summed E-state index contributed by atoms with van der Waals surface area (Å²) in [6.07, 6.45) is 0. The van der Waals surface area contributed by atoms with E-state index in [2.05, 4.69) is 4.99 Å². The van der Waals surface area contributed by atoms with Gasteiger partial charge in [-0.1, -0.05) is 46.7 Å². The molecule has 0 saturated carbocycles. The number of nitrogens with zero attached hydrogens (tertiary/aromatic N) is 2. The van der Waals surface area contributed by atoms with Crippen LogP contribution in [0.2, 0.25) is 5.02 Å². The van der Waals surface area contributed by atoms with Gasteiger partial charge in [0.2, 0.25) is 0 Å². The van der Waals surface area contributed by atoms with Gasteiger partial charge in [0.25, 0.3) is 5.91 Å². The fraction of sp³-hybridized carbons (Fsp3) is 0.167. The van der Waals surface area contributed by atoms with Crippen LogP contribution in [-0.2, 0) is 4.79 Å². The minimum Gasteiger partial charge on any atom is -0.480 e. The number of aliphatic carboxylic acids is 1. The molecule has 2 aromatic carbocycles. The number of rotatable bonds is 3. The van der Waals surface area contributed by atoms with Crippen molar-refractivity contribution < 1.29 is 14.7 Å². The smallest absolute Gasteiger partial charge is 0.326 e. The molecule has 1 atom stereocenters. The highest BCUT2D eigenvalue weighted by Gasteiger charge is 2.20. The molecule has 0 bridgehead atoms. The summed E-state index contributed by atoms with van der Waals surface area (Å²) in [5.74, 6) is -1.43. The zero-order valence-corrected chi connectivity index (χ0v) is 15.1. The zero-order chi connectivity index (χ0) is 18.1. The van der Waals surface area contributed by atoms with Crippen molar-refractivity contribution in [2.45, 2.75) is 19.9 Å². The maximum absolute atomic E-state index is 12.5. The van der Waals surface area contributed by atoms with Crippen LogP contribution in [0.1, 0.15) is 28.9 Å². The first kappa shape index (κ1) is 17.4. The average molecular weight is 375 g/mol. The molecule has 1 N–H and O–H groups in total. The van der Waals surface area contributed by atoms with Crippen molar-refractivity contribution in [1.82, 2.24) is 4.57 Å². The van der Waals surface area contributed by atoms with Crippen LogP contribution in [0.5, 0.6) is 0 Å². The van der Waals surface area contributed by atoms with Crippen molar-refractivity contribution in [3.8, 4) is 0 Å². The van der Waals surface area contributed by atoms with Crippen molar-refractivity contribution in [3.63, 3.8) is 0 Å². The average Bonchev–Trinajstić information content (AvgIpc) is 2.94. The summed E-state index contributed by atoms with van der Waals surface area (Å²) in [4.78, 5) is 28.4. The molecule has 0 spiro atoms. The number of carboxylic acids is 1. The maximum atomic E-state index is 12.5. The SMILES string of the molecule is Cc1ccc(C(=O)/N=c2\sc3c(Cl)cccc3n2C(C)C(=O)O)cc1. The lowest BCUT2D eigenvalue weighted by molar-refractivity contribution is -0.140. The second-order valence-corrected chi connectivity index (χ2v) is 7.02. The van der Waals surface area contributed by atoms with E-state index in [-0.39, 0.29) is 0 Å². The van der Waals surface area contributed by atoms with Crippen LogP contribution in [0.4, 0.5) is 0 Å². The second-order valence-electron chi connectivity index (χ2n) is 5.64. The molecule has 1 aromatic heterocycles. The van der Waals surface area contributed by atoms with Gasteiger partial charge in [-0.05, 0) is 38.1 Å².